The van der Waals surface area contributed by atoms with Gasteiger partial charge in [0.05, 0.1) is 31.1 Å². The van der Waals surface area contributed by atoms with Crippen molar-refractivity contribution in [3.63, 3.8) is 0 Å². The predicted molar refractivity (Wildman–Crippen MR) is 86.0 cm³/mol. The Kier molecular flexibility index (Phi) is 2.92. The van der Waals surface area contributed by atoms with Gasteiger partial charge in [-0.15, -0.1) is 0 Å². The standard InChI is InChI=1S/C19H16N2O2/c1-23-15-8-6-13(7-9-15)12-21-17-5-3-2-4-16(17)19(18(21)22)10-14(19)11-20/h2-9,14H,10,12H2,1H3/t14-,19-/m0/s1. The highest BCUT2D eigenvalue weighted by atomic mass is 16.5. The number of benzene rings is 2. The van der Waals surface area contributed by atoms with Crippen LogP contribution in [0.25, 0.3) is 0 Å². The molecule has 1 fully saturated rings. The maximum absolute atomic E-state index is 13.0. The van der Waals surface area contributed by atoms with Crippen LogP contribution in [0.15, 0.2) is 48.5 Å². The molecule has 1 saturated carbocycles. The van der Waals surface area contributed by atoms with Gasteiger partial charge in [-0.25, -0.2) is 0 Å². The molecule has 2 aromatic rings. The molecule has 4 heteroatoms. The first-order valence-corrected chi connectivity index (χ1v) is 7.64. The smallest absolute Gasteiger partial charge is 0.239 e. The molecule has 1 aliphatic carbocycles. The van der Waals surface area contributed by atoms with Crippen LogP contribution < -0.4 is 9.64 Å². The number of carbonyl (C=O) groups excluding carboxylic acids is 1. The number of methoxy groups -OCH3 is 1. The van der Waals surface area contributed by atoms with Gasteiger partial charge in [0.2, 0.25) is 5.91 Å². The van der Waals surface area contributed by atoms with Crippen LogP contribution in [0.4, 0.5) is 5.69 Å². The van der Waals surface area contributed by atoms with E-state index in [2.05, 4.69) is 6.07 Å². The zero-order chi connectivity index (χ0) is 16.0. The third-order valence-corrected chi connectivity index (χ3v) is 4.92. The first-order chi connectivity index (χ1) is 11.2. The molecule has 4 nitrogen and oxygen atoms in total. The largest absolute Gasteiger partial charge is 0.497 e. The fraction of sp³-hybridized carbons (Fsp3) is 0.263. The van der Waals surface area contributed by atoms with Crippen LogP contribution in [0, 0.1) is 17.2 Å². The lowest BCUT2D eigenvalue weighted by atomic mass is 9.95. The second kappa shape index (κ2) is 4.85. The second-order valence-corrected chi connectivity index (χ2v) is 6.11. The maximum atomic E-state index is 13.0. The molecule has 2 aliphatic rings. The maximum Gasteiger partial charge on any atom is 0.239 e. The van der Waals surface area contributed by atoms with Crippen molar-refractivity contribution in [3.8, 4) is 11.8 Å². The molecule has 114 valence electrons. The lowest BCUT2D eigenvalue weighted by Crippen LogP contribution is -2.32. The van der Waals surface area contributed by atoms with Gasteiger partial charge < -0.3 is 9.64 Å². The van der Waals surface area contributed by atoms with E-state index in [0.717, 1.165) is 22.6 Å². The summed E-state index contributed by atoms with van der Waals surface area (Å²) in [6.07, 6.45) is 0.637. The third kappa shape index (κ3) is 1.86. The second-order valence-electron chi connectivity index (χ2n) is 6.11. The minimum absolute atomic E-state index is 0.0565. The molecular weight excluding hydrogens is 288 g/mol. The fourth-order valence-electron chi connectivity index (χ4n) is 3.58. The highest BCUT2D eigenvalue weighted by Gasteiger charge is 2.67. The van der Waals surface area contributed by atoms with Crippen LogP contribution in [0.5, 0.6) is 5.75 Å². The molecule has 2 atom stereocenters. The van der Waals surface area contributed by atoms with Crippen molar-refractivity contribution < 1.29 is 9.53 Å². The van der Waals surface area contributed by atoms with E-state index in [1.807, 2.05) is 53.4 Å². The van der Waals surface area contributed by atoms with Gasteiger partial charge in [0.25, 0.3) is 0 Å². The van der Waals surface area contributed by atoms with Crippen molar-refractivity contribution in [1.82, 2.24) is 0 Å². The van der Waals surface area contributed by atoms with E-state index in [1.165, 1.54) is 0 Å². The summed E-state index contributed by atoms with van der Waals surface area (Å²) in [5.41, 5.74) is 2.38. The number of nitriles is 1. The predicted octanol–water partition coefficient (Wildman–Crippen LogP) is 3.02. The number of ether oxygens (including phenoxy) is 1. The summed E-state index contributed by atoms with van der Waals surface area (Å²) >= 11 is 0. The van der Waals surface area contributed by atoms with Crippen LogP contribution in [0.2, 0.25) is 0 Å². The Hall–Kier alpha value is -2.80. The number of rotatable bonds is 3. The van der Waals surface area contributed by atoms with Crippen molar-refractivity contribution in [1.29, 1.82) is 5.26 Å². The molecule has 1 heterocycles. The van der Waals surface area contributed by atoms with Crippen LogP contribution in [0.1, 0.15) is 17.5 Å². The number of hydrogen-bond donors (Lipinski definition) is 0. The SMILES string of the molecule is COc1ccc(CN2C(=O)[C@]3(C[C@H]3C#N)c3ccccc32)cc1. The molecule has 0 aromatic heterocycles. The van der Waals surface area contributed by atoms with Crippen molar-refractivity contribution in [2.75, 3.05) is 12.0 Å². The van der Waals surface area contributed by atoms with E-state index >= 15 is 0 Å². The van der Waals surface area contributed by atoms with E-state index < -0.39 is 5.41 Å². The lowest BCUT2D eigenvalue weighted by Gasteiger charge is -2.18. The van der Waals surface area contributed by atoms with Gasteiger partial charge >= 0.3 is 0 Å². The summed E-state index contributed by atoms with van der Waals surface area (Å²) in [4.78, 5) is 14.8. The number of hydrogen-bond acceptors (Lipinski definition) is 3. The van der Waals surface area contributed by atoms with E-state index in [1.54, 1.807) is 7.11 Å². The normalized spacial score (nSPS) is 24.4. The summed E-state index contributed by atoms with van der Waals surface area (Å²) in [7, 11) is 1.63. The van der Waals surface area contributed by atoms with Gasteiger partial charge in [-0.3, -0.25) is 4.79 Å². The highest BCUT2D eigenvalue weighted by Crippen LogP contribution is 2.61. The number of anilines is 1. The van der Waals surface area contributed by atoms with E-state index in [9.17, 15) is 10.1 Å². The summed E-state index contributed by atoms with van der Waals surface area (Å²) in [6.45, 7) is 0.514. The number of nitrogens with zero attached hydrogens (tertiary/aromatic N) is 2. The Bertz CT molecular complexity index is 822. The fourth-order valence-corrected chi connectivity index (χ4v) is 3.58. The average Bonchev–Trinajstić information content (AvgIpc) is 3.30. The van der Waals surface area contributed by atoms with Gasteiger partial charge in [-0.05, 0) is 35.7 Å². The van der Waals surface area contributed by atoms with Crippen molar-refractivity contribution in [2.45, 2.75) is 18.4 Å². The quantitative estimate of drug-likeness (QED) is 0.876. The van der Waals surface area contributed by atoms with Crippen LogP contribution >= 0.6 is 0 Å². The van der Waals surface area contributed by atoms with E-state index in [4.69, 9.17) is 4.74 Å². The molecule has 4 rings (SSSR count). The molecule has 0 radical (unpaired) electrons. The van der Waals surface area contributed by atoms with E-state index in [0.29, 0.717) is 13.0 Å². The minimum Gasteiger partial charge on any atom is -0.497 e. The molecule has 1 spiro atoms. The molecule has 0 N–H and O–H groups in total. The van der Waals surface area contributed by atoms with Crippen LogP contribution in [-0.2, 0) is 16.8 Å². The Morgan fingerprint density at radius 1 is 1.26 bits per heavy atom. The summed E-state index contributed by atoms with van der Waals surface area (Å²) in [6, 6.07) is 17.8. The molecular formula is C19H16N2O2. The minimum atomic E-state index is -0.599. The number of fused-ring (bicyclic) bond motifs is 2. The molecule has 23 heavy (non-hydrogen) atoms. The molecule has 0 unspecified atom stereocenters. The third-order valence-electron chi connectivity index (χ3n) is 4.92. The number of amides is 1. The number of carbonyl (C=O) groups is 1. The molecule has 0 bridgehead atoms. The monoisotopic (exact) mass is 304 g/mol. The molecule has 2 aromatic carbocycles. The first-order valence-electron chi connectivity index (χ1n) is 7.64. The van der Waals surface area contributed by atoms with Crippen molar-refractivity contribution in [2.24, 2.45) is 5.92 Å². The highest BCUT2D eigenvalue weighted by molar-refractivity contribution is 6.10. The van der Waals surface area contributed by atoms with E-state index in [-0.39, 0.29) is 11.8 Å². The molecule has 0 saturated heterocycles. The van der Waals surface area contributed by atoms with Gasteiger partial charge in [-0.2, -0.15) is 5.26 Å². The zero-order valence-electron chi connectivity index (χ0n) is 12.8. The van der Waals surface area contributed by atoms with Crippen LogP contribution in [-0.4, -0.2) is 13.0 Å². The summed E-state index contributed by atoms with van der Waals surface area (Å²) in [5.74, 6) is 0.656. The van der Waals surface area contributed by atoms with Gasteiger partial charge in [0.1, 0.15) is 5.75 Å². The van der Waals surface area contributed by atoms with Gasteiger partial charge in [0.15, 0.2) is 0 Å². The van der Waals surface area contributed by atoms with Gasteiger partial charge in [-0.1, -0.05) is 30.3 Å². The Balaban J connectivity index is 1.69. The first kappa shape index (κ1) is 13.8. The topological polar surface area (TPSA) is 53.3 Å². The Morgan fingerprint density at radius 2 is 2.00 bits per heavy atom. The number of para-hydroxylation sites is 1. The zero-order valence-corrected chi connectivity index (χ0v) is 12.8. The Morgan fingerprint density at radius 3 is 2.65 bits per heavy atom. The molecule has 1 amide bonds. The average molecular weight is 304 g/mol. The van der Waals surface area contributed by atoms with Crippen LogP contribution in [0.3, 0.4) is 0 Å². The molecule has 1 aliphatic heterocycles. The summed E-state index contributed by atoms with van der Waals surface area (Å²) < 4.78 is 5.17. The Labute approximate surface area is 134 Å². The summed E-state index contributed by atoms with van der Waals surface area (Å²) in [5, 5.41) is 9.27. The van der Waals surface area contributed by atoms with Crippen molar-refractivity contribution >= 4 is 11.6 Å². The lowest BCUT2D eigenvalue weighted by molar-refractivity contribution is -0.120. The van der Waals surface area contributed by atoms with Gasteiger partial charge in [0, 0.05) is 5.69 Å². The van der Waals surface area contributed by atoms with Crippen molar-refractivity contribution in [3.05, 3.63) is 59.7 Å².